The maximum Gasteiger partial charge on any atom is 0.255 e. The van der Waals surface area contributed by atoms with Crippen molar-refractivity contribution >= 4 is 18.7 Å². The van der Waals surface area contributed by atoms with Crippen LogP contribution in [0.25, 0.3) is 0 Å². The van der Waals surface area contributed by atoms with Crippen LogP contribution in [0.3, 0.4) is 0 Å². The highest BCUT2D eigenvalue weighted by Crippen LogP contribution is 2.17. The van der Waals surface area contributed by atoms with Crippen molar-refractivity contribution in [2.24, 2.45) is 0 Å². The van der Waals surface area contributed by atoms with E-state index < -0.39 is 8.32 Å². The zero-order valence-corrected chi connectivity index (χ0v) is 14.3. The molecular weight excluding hydrogens is 284 g/mol. The van der Waals surface area contributed by atoms with Crippen molar-refractivity contribution in [3.8, 4) is 12.3 Å². The second kappa shape index (κ2) is 8.58. The van der Waals surface area contributed by atoms with E-state index in [0.717, 1.165) is 6.04 Å². The molecule has 0 bridgehead atoms. The first-order valence-corrected chi connectivity index (χ1v) is 10.1. The monoisotopic (exact) mass is 308 g/mol. The number of hydrogen-bond donors (Lipinski definition) is 0. The van der Waals surface area contributed by atoms with Crippen molar-refractivity contribution in [3.05, 3.63) is 60.7 Å². The fraction of sp³-hybridized carbons (Fsp3) is 0.300. The van der Waals surface area contributed by atoms with E-state index in [-0.39, 0.29) is 0 Å². The number of terminal acetylenes is 1. The molecule has 114 valence electrons. The third-order valence-electron chi connectivity index (χ3n) is 3.96. The predicted molar refractivity (Wildman–Crippen MR) is 97.0 cm³/mol. The Kier molecular flexibility index (Phi) is 6.45. The van der Waals surface area contributed by atoms with E-state index in [0.29, 0.717) is 13.0 Å². The smallest absolute Gasteiger partial charge is 0.255 e. The normalized spacial score (nSPS) is 11.1. The summed E-state index contributed by atoms with van der Waals surface area (Å²) in [5.74, 6) is 2.70. The van der Waals surface area contributed by atoms with Crippen LogP contribution in [-0.2, 0) is 4.43 Å². The zero-order valence-electron chi connectivity index (χ0n) is 13.3. The molecule has 2 aromatic carbocycles. The molecule has 0 amide bonds. The third kappa shape index (κ3) is 3.88. The molecule has 0 radical (unpaired) electrons. The van der Waals surface area contributed by atoms with Crippen molar-refractivity contribution in [2.75, 3.05) is 6.61 Å². The minimum absolute atomic E-state index is 0.635. The summed E-state index contributed by atoms with van der Waals surface area (Å²) in [6.45, 7) is 2.87. The molecule has 0 saturated heterocycles. The molecule has 0 aliphatic heterocycles. The van der Waals surface area contributed by atoms with E-state index in [1.165, 1.54) is 23.2 Å². The Morgan fingerprint density at radius 3 is 1.95 bits per heavy atom. The van der Waals surface area contributed by atoms with Gasteiger partial charge in [0.25, 0.3) is 8.32 Å². The average Bonchev–Trinajstić information content (AvgIpc) is 2.60. The molecule has 0 heterocycles. The van der Waals surface area contributed by atoms with E-state index in [4.69, 9.17) is 10.8 Å². The lowest BCUT2D eigenvalue weighted by Crippen LogP contribution is -2.60. The second-order valence-corrected chi connectivity index (χ2v) is 9.06. The summed E-state index contributed by atoms with van der Waals surface area (Å²) in [5.41, 5.74) is 0. The van der Waals surface area contributed by atoms with Gasteiger partial charge in [-0.25, -0.2) is 0 Å². The van der Waals surface area contributed by atoms with Crippen LogP contribution in [0, 0.1) is 12.3 Å². The molecule has 0 atom stereocenters. The van der Waals surface area contributed by atoms with Crippen molar-refractivity contribution in [2.45, 2.75) is 32.2 Å². The van der Waals surface area contributed by atoms with E-state index in [1.54, 1.807) is 0 Å². The highest BCUT2D eigenvalue weighted by Gasteiger charge is 2.38. The molecular formula is C20H24OSi. The molecule has 0 aliphatic carbocycles. The van der Waals surface area contributed by atoms with Crippen LogP contribution in [0.4, 0.5) is 0 Å². The molecule has 0 aromatic heterocycles. The Balaban J connectivity index is 2.45. The van der Waals surface area contributed by atoms with Gasteiger partial charge in [-0.05, 0) is 16.4 Å². The van der Waals surface area contributed by atoms with Gasteiger partial charge in [0, 0.05) is 13.0 Å². The van der Waals surface area contributed by atoms with Crippen molar-refractivity contribution < 1.29 is 4.43 Å². The highest BCUT2D eigenvalue weighted by molar-refractivity contribution is 6.97. The summed E-state index contributed by atoms with van der Waals surface area (Å²) in [5, 5.41) is 2.68. The van der Waals surface area contributed by atoms with E-state index in [2.05, 4.69) is 73.5 Å². The van der Waals surface area contributed by atoms with E-state index in [9.17, 15) is 0 Å². The fourth-order valence-electron chi connectivity index (χ4n) is 2.82. The molecule has 0 aliphatic rings. The second-order valence-electron chi connectivity index (χ2n) is 5.47. The van der Waals surface area contributed by atoms with Gasteiger partial charge in [-0.1, -0.05) is 80.4 Å². The summed E-state index contributed by atoms with van der Waals surface area (Å²) in [6.07, 6.45) is 8.43. The maximum absolute atomic E-state index is 6.54. The van der Waals surface area contributed by atoms with Crippen molar-refractivity contribution in [1.29, 1.82) is 0 Å². The molecule has 0 saturated carbocycles. The Bertz CT molecular complexity index is 547. The van der Waals surface area contributed by atoms with Gasteiger partial charge in [0.15, 0.2) is 0 Å². The number of unbranched alkanes of at least 4 members (excludes halogenated alkanes) is 1. The SMILES string of the molecule is C#CCCO[Si](CCCC)(c1ccccc1)c1ccccc1. The van der Waals surface area contributed by atoms with Gasteiger partial charge < -0.3 is 4.43 Å². The standard InChI is InChI=1S/C20H24OSi/c1-3-5-17-21-22(18-6-4-2,19-13-9-7-10-14-19)20-15-11-8-12-16-20/h1,7-16H,4-6,17-18H2,2H3. The van der Waals surface area contributed by atoms with Crippen LogP contribution in [0.15, 0.2) is 60.7 Å². The van der Waals surface area contributed by atoms with Gasteiger partial charge >= 0.3 is 0 Å². The molecule has 0 spiro atoms. The molecule has 1 nitrogen and oxygen atoms in total. The lowest BCUT2D eigenvalue weighted by Gasteiger charge is -2.32. The Morgan fingerprint density at radius 1 is 0.955 bits per heavy atom. The minimum Gasteiger partial charge on any atom is -0.407 e. The van der Waals surface area contributed by atoms with Gasteiger partial charge in [0.2, 0.25) is 0 Å². The highest BCUT2D eigenvalue weighted by atomic mass is 28.4. The fourth-order valence-corrected chi connectivity index (χ4v) is 6.97. The van der Waals surface area contributed by atoms with Crippen LogP contribution < -0.4 is 10.4 Å². The van der Waals surface area contributed by atoms with Gasteiger partial charge in [0.1, 0.15) is 0 Å². The lowest BCUT2D eigenvalue weighted by molar-refractivity contribution is 0.324. The Labute approximate surface area is 135 Å². The Hall–Kier alpha value is -1.82. The summed E-state index contributed by atoms with van der Waals surface area (Å²) in [6, 6.07) is 22.5. The Morgan fingerprint density at radius 2 is 1.50 bits per heavy atom. The molecule has 2 rings (SSSR count). The summed E-state index contributed by atoms with van der Waals surface area (Å²) >= 11 is 0. The van der Waals surface area contributed by atoms with Crippen molar-refractivity contribution in [3.63, 3.8) is 0 Å². The topological polar surface area (TPSA) is 9.23 Å². The molecule has 2 heteroatoms. The van der Waals surface area contributed by atoms with Gasteiger partial charge in [0.05, 0.1) is 0 Å². The first-order chi connectivity index (χ1) is 10.8. The molecule has 22 heavy (non-hydrogen) atoms. The van der Waals surface area contributed by atoms with Crippen LogP contribution in [0.2, 0.25) is 6.04 Å². The van der Waals surface area contributed by atoms with Crippen molar-refractivity contribution in [1.82, 2.24) is 0 Å². The summed E-state index contributed by atoms with van der Waals surface area (Å²) in [4.78, 5) is 0. The molecule has 2 aromatic rings. The van der Waals surface area contributed by atoms with E-state index in [1.807, 2.05) is 0 Å². The third-order valence-corrected chi connectivity index (χ3v) is 8.24. The maximum atomic E-state index is 6.54. The van der Waals surface area contributed by atoms with Gasteiger partial charge in [-0.3, -0.25) is 0 Å². The molecule has 0 N–H and O–H groups in total. The summed E-state index contributed by atoms with van der Waals surface area (Å²) < 4.78 is 6.54. The largest absolute Gasteiger partial charge is 0.407 e. The number of hydrogen-bond acceptors (Lipinski definition) is 1. The van der Waals surface area contributed by atoms with E-state index >= 15 is 0 Å². The summed E-state index contributed by atoms with van der Waals surface area (Å²) in [7, 11) is -2.20. The first-order valence-electron chi connectivity index (χ1n) is 8.02. The first kappa shape index (κ1) is 16.5. The predicted octanol–water partition coefficient (Wildman–Crippen LogP) is 3.59. The minimum atomic E-state index is -2.20. The van der Waals surface area contributed by atoms with Crippen LogP contribution in [-0.4, -0.2) is 14.9 Å². The van der Waals surface area contributed by atoms with Gasteiger partial charge in [-0.2, -0.15) is 0 Å². The number of rotatable bonds is 8. The molecule has 0 unspecified atom stereocenters. The lowest BCUT2D eigenvalue weighted by atomic mass is 10.4. The average molecular weight is 308 g/mol. The zero-order chi connectivity index (χ0) is 15.7. The van der Waals surface area contributed by atoms with Crippen LogP contribution in [0.5, 0.6) is 0 Å². The van der Waals surface area contributed by atoms with Crippen LogP contribution >= 0.6 is 0 Å². The molecule has 0 fully saturated rings. The van der Waals surface area contributed by atoms with Gasteiger partial charge in [-0.15, -0.1) is 12.3 Å². The quantitative estimate of drug-likeness (QED) is 0.411. The van der Waals surface area contributed by atoms with Crippen LogP contribution in [0.1, 0.15) is 26.2 Å². The number of benzene rings is 2.